The molecule has 0 saturated carbocycles. The van der Waals surface area contributed by atoms with Crippen molar-refractivity contribution in [2.45, 2.75) is 26.2 Å². The van der Waals surface area contributed by atoms with Gasteiger partial charge in [-0.1, -0.05) is 0 Å². The first-order chi connectivity index (χ1) is 6.43. The second-order valence-corrected chi connectivity index (χ2v) is 3.73. The van der Waals surface area contributed by atoms with Crippen molar-refractivity contribution in [2.75, 3.05) is 14.1 Å². The molecule has 1 saturated heterocycles. The molecule has 0 aromatic rings. The Labute approximate surface area is 83.2 Å². The van der Waals surface area contributed by atoms with Gasteiger partial charge in [-0.25, -0.2) is 14.5 Å². The standard InChI is InChI=1S/C8H16N4O2/c1-5(2)12-7(13)9-6(11(3)4)10-8(12)14/h5-6H,1-4H3,(H,9,13)(H,10,14). The molecule has 6 heteroatoms. The van der Waals surface area contributed by atoms with E-state index in [-0.39, 0.29) is 18.1 Å². The van der Waals surface area contributed by atoms with Gasteiger partial charge < -0.3 is 10.6 Å². The quantitative estimate of drug-likeness (QED) is 0.658. The van der Waals surface area contributed by atoms with E-state index in [9.17, 15) is 9.59 Å². The topological polar surface area (TPSA) is 64.7 Å². The maximum atomic E-state index is 11.5. The lowest BCUT2D eigenvalue weighted by Gasteiger charge is -2.37. The van der Waals surface area contributed by atoms with Gasteiger partial charge in [0.1, 0.15) is 0 Å². The summed E-state index contributed by atoms with van der Waals surface area (Å²) < 4.78 is 0. The lowest BCUT2D eigenvalue weighted by molar-refractivity contribution is 0.123. The number of carbonyl (C=O) groups excluding carboxylic acids is 2. The van der Waals surface area contributed by atoms with Crippen LogP contribution in [0.5, 0.6) is 0 Å². The molecule has 1 fully saturated rings. The van der Waals surface area contributed by atoms with Gasteiger partial charge in [0.25, 0.3) is 0 Å². The average Bonchev–Trinajstić information content (AvgIpc) is 2.01. The molecule has 1 rings (SSSR count). The molecule has 0 aliphatic carbocycles. The van der Waals surface area contributed by atoms with Crippen LogP contribution >= 0.6 is 0 Å². The predicted octanol–water partition coefficient (Wildman–Crippen LogP) is -0.0252. The van der Waals surface area contributed by atoms with Crippen molar-refractivity contribution >= 4 is 12.1 Å². The second kappa shape index (κ2) is 3.83. The highest BCUT2D eigenvalue weighted by molar-refractivity contribution is 5.96. The Morgan fingerprint density at radius 2 is 1.64 bits per heavy atom. The Kier molecular flexibility index (Phi) is 2.95. The van der Waals surface area contributed by atoms with Crippen molar-refractivity contribution in [3.63, 3.8) is 0 Å². The van der Waals surface area contributed by atoms with E-state index in [1.54, 1.807) is 32.8 Å². The van der Waals surface area contributed by atoms with Gasteiger partial charge in [0.2, 0.25) is 0 Å². The summed E-state index contributed by atoms with van der Waals surface area (Å²) in [4.78, 5) is 25.8. The lowest BCUT2D eigenvalue weighted by Crippen LogP contribution is -2.68. The minimum absolute atomic E-state index is 0.141. The van der Waals surface area contributed by atoms with Gasteiger partial charge >= 0.3 is 12.1 Å². The third-order valence-electron chi connectivity index (χ3n) is 1.99. The SMILES string of the molecule is CC(C)N1C(=O)NC(N(C)C)NC1=O. The maximum Gasteiger partial charge on any atom is 0.328 e. The molecule has 80 valence electrons. The molecule has 0 atom stereocenters. The molecule has 0 bridgehead atoms. The molecule has 0 unspecified atom stereocenters. The summed E-state index contributed by atoms with van der Waals surface area (Å²) in [5.74, 6) is 0. The minimum Gasteiger partial charge on any atom is -0.304 e. The molecule has 0 spiro atoms. The van der Waals surface area contributed by atoms with E-state index in [1.807, 2.05) is 0 Å². The molecule has 1 aliphatic heterocycles. The Hall–Kier alpha value is -1.30. The lowest BCUT2D eigenvalue weighted by atomic mass is 10.3. The van der Waals surface area contributed by atoms with Crippen LogP contribution in [0.4, 0.5) is 9.59 Å². The number of nitrogens with one attached hydrogen (secondary N) is 2. The van der Waals surface area contributed by atoms with Crippen molar-refractivity contribution in [3.05, 3.63) is 0 Å². The van der Waals surface area contributed by atoms with Crippen molar-refractivity contribution in [2.24, 2.45) is 0 Å². The van der Waals surface area contributed by atoms with Gasteiger partial charge in [-0.2, -0.15) is 0 Å². The zero-order valence-electron chi connectivity index (χ0n) is 8.87. The fraction of sp³-hybridized carbons (Fsp3) is 0.750. The first kappa shape index (κ1) is 10.8. The highest BCUT2D eigenvalue weighted by atomic mass is 16.2. The van der Waals surface area contributed by atoms with Crippen LogP contribution in [0.2, 0.25) is 0 Å². The molecular weight excluding hydrogens is 184 g/mol. The zero-order valence-corrected chi connectivity index (χ0v) is 8.87. The van der Waals surface area contributed by atoms with E-state index in [1.165, 1.54) is 0 Å². The Balaban J connectivity index is 2.73. The smallest absolute Gasteiger partial charge is 0.304 e. The van der Waals surface area contributed by atoms with Crippen molar-refractivity contribution in [1.29, 1.82) is 0 Å². The van der Waals surface area contributed by atoms with Gasteiger partial charge in [0, 0.05) is 6.04 Å². The first-order valence-corrected chi connectivity index (χ1v) is 4.50. The largest absolute Gasteiger partial charge is 0.328 e. The summed E-state index contributed by atoms with van der Waals surface area (Å²) in [5, 5.41) is 5.32. The third kappa shape index (κ3) is 1.95. The van der Waals surface area contributed by atoms with E-state index in [0.29, 0.717) is 0 Å². The Morgan fingerprint density at radius 3 is 1.93 bits per heavy atom. The second-order valence-electron chi connectivity index (χ2n) is 3.73. The van der Waals surface area contributed by atoms with E-state index in [4.69, 9.17) is 0 Å². The summed E-state index contributed by atoms with van der Waals surface area (Å²) >= 11 is 0. The van der Waals surface area contributed by atoms with Crippen LogP contribution in [-0.2, 0) is 0 Å². The van der Waals surface area contributed by atoms with E-state index in [2.05, 4.69) is 10.6 Å². The number of hydrogen-bond acceptors (Lipinski definition) is 3. The Bertz CT molecular complexity index is 234. The summed E-state index contributed by atoms with van der Waals surface area (Å²) in [6.45, 7) is 3.57. The summed E-state index contributed by atoms with van der Waals surface area (Å²) in [5.41, 5.74) is 0. The van der Waals surface area contributed by atoms with Gasteiger partial charge in [0.05, 0.1) is 0 Å². The van der Waals surface area contributed by atoms with E-state index < -0.39 is 6.29 Å². The van der Waals surface area contributed by atoms with Crippen LogP contribution in [-0.4, -0.2) is 48.3 Å². The van der Waals surface area contributed by atoms with Gasteiger partial charge in [-0.3, -0.25) is 4.90 Å². The summed E-state index contributed by atoms with van der Waals surface area (Å²) in [6, 6.07) is -0.858. The van der Waals surface area contributed by atoms with Crippen LogP contribution in [0.15, 0.2) is 0 Å². The molecule has 4 amide bonds. The van der Waals surface area contributed by atoms with E-state index in [0.717, 1.165) is 4.90 Å². The van der Waals surface area contributed by atoms with E-state index >= 15 is 0 Å². The summed E-state index contributed by atoms with van der Waals surface area (Å²) in [7, 11) is 3.55. The van der Waals surface area contributed by atoms with Crippen LogP contribution in [0.25, 0.3) is 0 Å². The van der Waals surface area contributed by atoms with Crippen molar-refractivity contribution < 1.29 is 9.59 Å². The third-order valence-corrected chi connectivity index (χ3v) is 1.99. The van der Waals surface area contributed by atoms with Crippen LogP contribution in [0.1, 0.15) is 13.8 Å². The van der Waals surface area contributed by atoms with Crippen LogP contribution in [0, 0.1) is 0 Å². The van der Waals surface area contributed by atoms with Gasteiger partial charge in [-0.15, -0.1) is 0 Å². The fourth-order valence-electron chi connectivity index (χ4n) is 1.23. The highest BCUT2D eigenvalue weighted by Gasteiger charge is 2.33. The molecule has 0 aromatic heterocycles. The number of hydrogen-bond donors (Lipinski definition) is 2. The predicted molar refractivity (Wildman–Crippen MR) is 51.5 cm³/mol. The minimum atomic E-state index is -0.426. The molecular formula is C8H16N4O2. The number of urea groups is 2. The molecule has 1 heterocycles. The number of amides is 4. The Morgan fingerprint density at radius 1 is 1.21 bits per heavy atom. The average molecular weight is 200 g/mol. The van der Waals surface area contributed by atoms with Crippen LogP contribution < -0.4 is 10.6 Å². The molecule has 0 aromatic carbocycles. The van der Waals surface area contributed by atoms with Crippen molar-refractivity contribution in [3.8, 4) is 0 Å². The number of rotatable bonds is 2. The molecule has 6 nitrogen and oxygen atoms in total. The van der Waals surface area contributed by atoms with Gasteiger partial charge in [-0.05, 0) is 27.9 Å². The zero-order chi connectivity index (χ0) is 10.9. The maximum absolute atomic E-state index is 11.5. The number of carbonyl (C=O) groups is 2. The molecule has 2 N–H and O–H groups in total. The monoisotopic (exact) mass is 200 g/mol. The molecule has 0 radical (unpaired) electrons. The fourth-order valence-corrected chi connectivity index (χ4v) is 1.23. The van der Waals surface area contributed by atoms with Crippen molar-refractivity contribution in [1.82, 2.24) is 20.4 Å². The molecule has 14 heavy (non-hydrogen) atoms. The number of nitrogens with zero attached hydrogens (tertiary/aromatic N) is 2. The highest BCUT2D eigenvalue weighted by Crippen LogP contribution is 2.05. The molecule has 1 aliphatic rings. The first-order valence-electron chi connectivity index (χ1n) is 4.50. The normalized spacial score (nSPS) is 18.9. The summed E-state index contributed by atoms with van der Waals surface area (Å²) in [6.07, 6.45) is -0.426. The van der Waals surface area contributed by atoms with Gasteiger partial charge in [0.15, 0.2) is 6.29 Å². The number of imide groups is 1. The van der Waals surface area contributed by atoms with Crippen LogP contribution in [0.3, 0.4) is 0 Å².